The largest absolute Gasteiger partial charge is 0.308 e. The summed E-state index contributed by atoms with van der Waals surface area (Å²) in [5.41, 5.74) is 1.74. The fourth-order valence-electron chi connectivity index (χ4n) is 2.50. The second-order valence-electron chi connectivity index (χ2n) is 6.65. The molecule has 2 unspecified atom stereocenters. The minimum absolute atomic E-state index is 0.231. The molecular formula is C15H29N. The minimum atomic E-state index is 0.231. The molecule has 94 valence electrons. The number of nitrogens with one attached hydrogen (secondary N) is 1. The average Bonchev–Trinajstić information content (AvgIpc) is 2.14. The average molecular weight is 223 g/mol. The first-order valence-corrected chi connectivity index (χ1v) is 6.79. The monoisotopic (exact) mass is 223 g/mol. The first kappa shape index (κ1) is 13.8. The van der Waals surface area contributed by atoms with Crippen molar-refractivity contribution in [3.63, 3.8) is 0 Å². The van der Waals surface area contributed by atoms with E-state index in [1.165, 1.54) is 31.3 Å². The highest BCUT2D eigenvalue weighted by Crippen LogP contribution is 2.29. The van der Waals surface area contributed by atoms with Gasteiger partial charge in [0.2, 0.25) is 0 Å². The molecule has 1 aliphatic rings. The Morgan fingerprint density at radius 2 is 2.00 bits per heavy atom. The van der Waals surface area contributed by atoms with Crippen molar-refractivity contribution in [1.82, 2.24) is 5.32 Å². The van der Waals surface area contributed by atoms with Gasteiger partial charge in [0, 0.05) is 12.1 Å². The first-order chi connectivity index (χ1) is 7.37. The fraction of sp³-hybridized carbons (Fsp3) is 0.867. The molecule has 1 heteroatoms. The number of hydrogen-bond acceptors (Lipinski definition) is 1. The van der Waals surface area contributed by atoms with Crippen LogP contribution in [0.3, 0.4) is 0 Å². The molecule has 0 saturated heterocycles. The predicted octanol–water partition coefficient (Wildman–Crippen LogP) is 4.15. The van der Waals surface area contributed by atoms with E-state index >= 15 is 0 Å². The van der Waals surface area contributed by atoms with Crippen LogP contribution in [0.2, 0.25) is 0 Å². The summed E-state index contributed by atoms with van der Waals surface area (Å²) >= 11 is 0. The van der Waals surface area contributed by atoms with Crippen LogP contribution in [-0.2, 0) is 0 Å². The van der Waals surface area contributed by atoms with Gasteiger partial charge < -0.3 is 5.32 Å². The van der Waals surface area contributed by atoms with Crippen molar-refractivity contribution in [3.05, 3.63) is 11.6 Å². The third-order valence-electron chi connectivity index (χ3n) is 3.39. The number of allylic oxidation sites excluding steroid dienone is 1. The number of hydrogen-bond donors (Lipinski definition) is 1. The predicted molar refractivity (Wildman–Crippen MR) is 72.6 cm³/mol. The van der Waals surface area contributed by atoms with Gasteiger partial charge in [-0.3, -0.25) is 0 Å². The Balaban J connectivity index is 2.37. The second kappa shape index (κ2) is 5.86. The van der Waals surface area contributed by atoms with Gasteiger partial charge in [0.25, 0.3) is 0 Å². The summed E-state index contributed by atoms with van der Waals surface area (Å²) in [5.74, 6) is 1.77. The molecular weight excluding hydrogens is 194 g/mol. The van der Waals surface area contributed by atoms with Gasteiger partial charge in [-0.25, -0.2) is 0 Å². The van der Waals surface area contributed by atoms with Gasteiger partial charge in [0.1, 0.15) is 0 Å². The molecule has 0 heterocycles. The molecule has 0 bridgehead atoms. The molecule has 0 spiro atoms. The first-order valence-electron chi connectivity index (χ1n) is 6.79. The van der Waals surface area contributed by atoms with Crippen LogP contribution >= 0.6 is 0 Å². The van der Waals surface area contributed by atoms with Gasteiger partial charge in [-0.2, -0.15) is 0 Å². The quantitative estimate of drug-likeness (QED) is 0.709. The van der Waals surface area contributed by atoms with E-state index in [9.17, 15) is 0 Å². The van der Waals surface area contributed by atoms with Gasteiger partial charge >= 0.3 is 0 Å². The zero-order valence-electron chi connectivity index (χ0n) is 11.8. The smallest absolute Gasteiger partial charge is 0.0166 e. The highest BCUT2D eigenvalue weighted by molar-refractivity contribution is 5.04. The molecule has 0 amide bonds. The Morgan fingerprint density at radius 3 is 2.56 bits per heavy atom. The lowest BCUT2D eigenvalue weighted by atomic mass is 9.81. The summed E-state index contributed by atoms with van der Waals surface area (Å²) in [6, 6.07) is 0. The molecule has 2 atom stereocenters. The van der Waals surface area contributed by atoms with Crippen LogP contribution in [0.1, 0.15) is 60.3 Å². The summed E-state index contributed by atoms with van der Waals surface area (Å²) < 4.78 is 0. The lowest BCUT2D eigenvalue weighted by Gasteiger charge is -2.26. The highest BCUT2D eigenvalue weighted by Gasteiger charge is 2.17. The molecule has 16 heavy (non-hydrogen) atoms. The Morgan fingerprint density at radius 1 is 1.31 bits per heavy atom. The fourth-order valence-corrected chi connectivity index (χ4v) is 2.50. The summed E-state index contributed by atoms with van der Waals surface area (Å²) in [5, 5.41) is 3.55. The molecule has 0 aromatic carbocycles. The Kier molecular flexibility index (Phi) is 5.04. The highest BCUT2D eigenvalue weighted by atomic mass is 14.9. The summed E-state index contributed by atoms with van der Waals surface area (Å²) in [7, 11) is 0. The van der Waals surface area contributed by atoms with Crippen molar-refractivity contribution in [2.75, 3.05) is 6.54 Å². The van der Waals surface area contributed by atoms with E-state index in [0.717, 1.165) is 18.4 Å². The molecule has 1 saturated carbocycles. The Hall–Kier alpha value is -0.300. The van der Waals surface area contributed by atoms with E-state index in [4.69, 9.17) is 0 Å². The van der Waals surface area contributed by atoms with Crippen molar-refractivity contribution in [2.24, 2.45) is 11.8 Å². The van der Waals surface area contributed by atoms with Crippen molar-refractivity contribution in [3.8, 4) is 0 Å². The van der Waals surface area contributed by atoms with Crippen molar-refractivity contribution < 1.29 is 0 Å². The second-order valence-corrected chi connectivity index (χ2v) is 6.65. The molecule has 1 nitrogen and oxygen atoms in total. The van der Waals surface area contributed by atoms with E-state index in [1.54, 1.807) is 0 Å². The maximum Gasteiger partial charge on any atom is 0.0166 e. The zero-order chi connectivity index (χ0) is 12.2. The summed E-state index contributed by atoms with van der Waals surface area (Å²) in [4.78, 5) is 0. The Labute approximate surface area is 102 Å². The van der Waals surface area contributed by atoms with E-state index in [0.29, 0.717) is 0 Å². The van der Waals surface area contributed by atoms with Crippen LogP contribution in [-0.4, -0.2) is 12.1 Å². The molecule has 0 aromatic rings. The SMILES string of the molecule is C/C(=C/C1CCCC(C)C1)CNC(C)(C)C. The molecule has 0 radical (unpaired) electrons. The molecule has 1 aliphatic carbocycles. The van der Waals surface area contributed by atoms with Gasteiger partial charge in [-0.05, 0) is 52.4 Å². The van der Waals surface area contributed by atoms with Crippen LogP contribution in [0.25, 0.3) is 0 Å². The maximum absolute atomic E-state index is 3.55. The van der Waals surface area contributed by atoms with E-state index < -0.39 is 0 Å². The van der Waals surface area contributed by atoms with Crippen LogP contribution in [0.15, 0.2) is 11.6 Å². The maximum atomic E-state index is 3.55. The van der Waals surface area contributed by atoms with E-state index in [2.05, 4.69) is 46.0 Å². The normalized spacial score (nSPS) is 28.2. The number of rotatable bonds is 3. The summed E-state index contributed by atoms with van der Waals surface area (Å²) in [6.45, 7) is 12.4. The minimum Gasteiger partial charge on any atom is -0.308 e. The molecule has 1 fully saturated rings. The van der Waals surface area contributed by atoms with Gasteiger partial charge in [0.05, 0.1) is 0 Å². The van der Waals surface area contributed by atoms with Crippen LogP contribution in [0.4, 0.5) is 0 Å². The van der Waals surface area contributed by atoms with Crippen LogP contribution < -0.4 is 5.32 Å². The van der Waals surface area contributed by atoms with Gasteiger partial charge in [-0.15, -0.1) is 0 Å². The van der Waals surface area contributed by atoms with Crippen LogP contribution in [0, 0.1) is 11.8 Å². The molecule has 0 aliphatic heterocycles. The lowest BCUT2D eigenvalue weighted by molar-refractivity contribution is 0.323. The topological polar surface area (TPSA) is 12.0 Å². The lowest BCUT2D eigenvalue weighted by Crippen LogP contribution is -2.36. The summed E-state index contributed by atoms with van der Waals surface area (Å²) in [6.07, 6.45) is 8.16. The third kappa shape index (κ3) is 5.69. The standard InChI is InChI=1S/C15H29N/c1-12-7-6-8-14(9-12)10-13(2)11-16-15(3,4)5/h10,12,14,16H,6-9,11H2,1-5H3/b13-10-. The van der Waals surface area contributed by atoms with Gasteiger partial charge in [0.15, 0.2) is 0 Å². The molecule has 0 aromatic heterocycles. The van der Waals surface area contributed by atoms with E-state index in [-0.39, 0.29) is 5.54 Å². The van der Waals surface area contributed by atoms with Crippen LogP contribution in [0.5, 0.6) is 0 Å². The van der Waals surface area contributed by atoms with Gasteiger partial charge in [-0.1, -0.05) is 31.4 Å². The molecule has 1 rings (SSSR count). The molecule has 1 N–H and O–H groups in total. The van der Waals surface area contributed by atoms with Crippen molar-refractivity contribution >= 4 is 0 Å². The Bertz CT molecular complexity index is 234. The van der Waals surface area contributed by atoms with E-state index in [1.807, 2.05) is 0 Å². The third-order valence-corrected chi connectivity index (χ3v) is 3.39. The zero-order valence-corrected chi connectivity index (χ0v) is 11.8. The van der Waals surface area contributed by atoms with Crippen molar-refractivity contribution in [2.45, 2.75) is 65.8 Å². The van der Waals surface area contributed by atoms with Crippen molar-refractivity contribution in [1.29, 1.82) is 0 Å².